The number of anilines is 1. The molecule has 5 heterocycles. The Morgan fingerprint density at radius 3 is 2.23 bits per heavy atom. The second-order valence-corrected chi connectivity index (χ2v) is 21.2. The van der Waals surface area contributed by atoms with Crippen molar-refractivity contribution >= 4 is 30.8 Å². The Labute approximate surface area is 423 Å². The fraction of sp³-hybridized carbons (Fsp3) is 0.596. The lowest BCUT2D eigenvalue weighted by molar-refractivity contribution is -0.212. The summed E-state index contributed by atoms with van der Waals surface area (Å²) in [6.45, 7) is 7.92. The van der Waals surface area contributed by atoms with E-state index in [1.165, 1.54) is 107 Å². The van der Waals surface area contributed by atoms with Crippen LogP contribution in [-0.2, 0) is 43.9 Å². The molecule has 0 saturated carbocycles. The molecule has 2 N–H and O–H groups in total. The van der Waals surface area contributed by atoms with Gasteiger partial charge < -0.3 is 33.9 Å². The van der Waals surface area contributed by atoms with Crippen LogP contribution in [0.25, 0.3) is 11.2 Å². The highest BCUT2D eigenvalue weighted by Gasteiger charge is 2.62. The van der Waals surface area contributed by atoms with Crippen LogP contribution in [0, 0.1) is 11.3 Å². The molecule has 71 heavy (non-hydrogen) atoms. The lowest BCUT2D eigenvalue weighted by Crippen LogP contribution is -2.44. The predicted octanol–water partition coefficient (Wildman–Crippen LogP) is 11.9. The Balaban J connectivity index is 0.981. The number of rotatable bonds is 32. The molecule has 1 unspecified atom stereocenters. The number of nitrogen functional groups attached to an aromatic ring is 1. The summed E-state index contributed by atoms with van der Waals surface area (Å²) < 4.78 is 69.0. The average molecular weight is 1020 g/mol. The second-order valence-electron chi connectivity index (χ2n) is 19.2. The van der Waals surface area contributed by atoms with E-state index in [0.29, 0.717) is 34.9 Å². The Morgan fingerprint density at radius 2 is 1.55 bits per heavy atom. The summed E-state index contributed by atoms with van der Waals surface area (Å²) in [7, 11) is -4.53. The molecule has 19 heteroatoms. The lowest BCUT2D eigenvalue weighted by atomic mass is 9.97. The number of ether oxygens (including phenoxy) is 5. The summed E-state index contributed by atoms with van der Waals surface area (Å²) in [4.78, 5) is 8.16. The highest BCUT2D eigenvalue weighted by Crippen LogP contribution is 2.55. The van der Waals surface area contributed by atoms with Crippen molar-refractivity contribution < 1.29 is 41.8 Å². The fourth-order valence-corrected chi connectivity index (χ4v) is 10.7. The van der Waals surface area contributed by atoms with Gasteiger partial charge in [0.2, 0.25) is 0 Å². The number of hydrogen-bond acceptors (Lipinski definition) is 15. The van der Waals surface area contributed by atoms with E-state index in [1.807, 2.05) is 32.0 Å². The number of phosphoric ester groups is 1. The molecule has 6 atom stereocenters. The maximum Gasteiger partial charge on any atom is 0.530 e. The summed E-state index contributed by atoms with van der Waals surface area (Å²) in [5.41, 5.74) is 7.94. The third-order valence-corrected chi connectivity index (χ3v) is 14.6. The van der Waals surface area contributed by atoms with Crippen LogP contribution < -0.4 is 10.3 Å². The van der Waals surface area contributed by atoms with E-state index in [-0.39, 0.29) is 37.2 Å². The van der Waals surface area contributed by atoms with Gasteiger partial charge in [0.05, 0.1) is 48.4 Å². The van der Waals surface area contributed by atoms with E-state index in [1.54, 1.807) is 47.8 Å². The van der Waals surface area contributed by atoms with Crippen LogP contribution in [0.5, 0.6) is 5.75 Å². The molecule has 7 rings (SSSR count). The molecule has 0 aliphatic carbocycles. The van der Waals surface area contributed by atoms with Crippen LogP contribution in [0.3, 0.4) is 0 Å². The van der Waals surface area contributed by atoms with Gasteiger partial charge in [0.1, 0.15) is 66.3 Å². The molecule has 2 saturated heterocycles. The van der Waals surface area contributed by atoms with Gasteiger partial charge in [0, 0.05) is 6.61 Å². The van der Waals surface area contributed by atoms with Crippen molar-refractivity contribution in [2.45, 2.75) is 173 Å². The molecular weight excluding hydrogens is 947 g/mol. The SMILES string of the molecule is CCCCCCCCCCCCCCCCCCOC[C@H](COP(=O)(OC[C@@]1(C)O[C@@H](c2ccc3c(N)ncnn23)[C@@H]2OC(C)(C)O[C@@H]21)Oc1ccccc1Cl)OCc1ccc(C#N)c(-n2cncn2)c1. The van der Waals surface area contributed by atoms with Gasteiger partial charge in [0.15, 0.2) is 11.6 Å². The largest absolute Gasteiger partial charge is 0.530 e. The lowest BCUT2D eigenvalue weighted by Gasteiger charge is -2.32. The molecule has 5 aromatic rings. The van der Waals surface area contributed by atoms with Gasteiger partial charge in [-0.25, -0.2) is 23.7 Å². The van der Waals surface area contributed by atoms with Gasteiger partial charge in [-0.05, 0) is 69.2 Å². The zero-order valence-corrected chi connectivity index (χ0v) is 43.4. The molecule has 2 aromatic carbocycles. The minimum absolute atomic E-state index is 0.0969. The smallest absolute Gasteiger partial charge is 0.402 e. The number of fused-ring (bicyclic) bond motifs is 2. The number of nitrogens with zero attached hydrogens (tertiary/aromatic N) is 7. The molecule has 0 amide bonds. The molecule has 2 aliphatic heterocycles. The van der Waals surface area contributed by atoms with Crippen molar-refractivity contribution in [2.75, 3.05) is 32.2 Å². The number of benzene rings is 2. The van der Waals surface area contributed by atoms with Crippen molar-refractivity contribution in [1.29, 1.82) is 5.26 Å². The number of unbranched alkanes of at least 4 members (excludes halogenated alkanes) is 15. The van der Waals surface area contributed by atoms with Crippen LogP contribution in [-0.4, -0.2) is 85.5 Å². The maximum absolute atomic E-state index is 15.0. The monoisotopic (exact) mass is 1020 g/mol. The molecule has 2 fully saturated rings. The predicted molar refractivity (Wildman–Crippen MR) is 270 cm³/mol. The van der Waals surface area contributed by atoms with E-state index in [2.05, 4.69) is 33.2 Å². The summed E-state index contributed by atoms with van der Waals surface area (Å²) in [6, 6.07) is 17.8. The number of aromatic nitrogens is 6. The molecular formula is C52H72ClN8O9P. The van der Waals surface area contributed by atoms with Gasteiger partial charge in [-0.2, -0.15) is 15.5 Å². The van der Waals surface area contributed by atoms with Crippen molar-refractivity contribution in [2.24, 2.45) is 0 Å². The van der Waals surface area contributed by atoms with Crippen LogP contribution in [0.2, 0.25) is 5.02 Å². The quantitative estimate of drug-likeness (QED) is 0.0315. The number of para-hydroxylation sites is 1. The van der Waals surface area contributed by atoms with Crippen molar-refractivity contribution in [3.8, 4) is 17.5 Å². The molecule has 0 spiro atoms. The minimum atomic E-state index is -4.53. The highest BCUT2D eigenvalue weighted by molar-refractivity contribution is 7.49. The normalized spacial score (nSPS) is 20.8. The minimum Gasteiger partial charge on any atom is -0.402 e. The van der Waals surface area contributed by atoms with E-state index < -0.39 is 43.6 Å². The molecule has 0 radical (unpaired) electrons. The average Bonchev–Trinajstić information content (AvgIpc) is 4.17. The van der Waals surface area contributed by atoms with Crippen LogP contribution in [0.4, 0.5) is 5.82 Å². The number of hydrogen-bond donors (Lipinski definition) is 1. The first-order chi connectivity index (χ1) is 34.4. The van der Waals surface area contributed by atoms with Crippen molar-refractivity contribution in [3.63, 3.8) is 0 Å². The Bertz CT molecular complexity index is 2510. The first kappa shape index (κ1) is 54.3. The van der Waals surface area contributed by atoms with Gasteiger partial charge >= 0.3 is 7.82 Å². The van der Waals surface area contributed by atoms with Gasteiger partial charge in [-0.3, -0.25) is 9.05 Å². The molecule has 386 valence electrons. The van der Waals surface area contributed by atoms with E-state index in [4.69, 9.17) is 54.6 Å². The zero-order chi connectivity index (χ0) is 50.1. The third-order valence-electron chi connectivity index (χ3n) is 13.0. The maximum atomic E-state index is 15.0. The number of halogens is 1. The Hall–Kier alpha value is -4.47. The Kier molecular flexibility index (Phi) is 20.2. The topological polar surface area (TPSA) is 202 Å². The van der Waals surface area contributed by atoms with E-state index in [0.717, 1.165) is 24.8 Å². The molecule has 2 aliphatic rings. The molecule has 3 aromatic heterocycles. The van der Waals surface area contributed by atoms with Gasteiger partial charge in [0.25, 0.3) is 0 Å². The summed E-state index contributed by atoms with van der Waals surface area (Å²) >= 11 is 6.55. The van der Waals surface area contributed by atoms with E-state index >= 15 is 4.57 Å². The van der Waals surface area contributed by atoms with Crippen LogP contribution in [0.15, 0.2) is 73.6 Å². The van der Waals surface area contributed by atoms with Crippen LogP contribution >= 0.6 is 19.4 Å². The van der Waals surface area contributed by atoms with Crippen LogP contribution in [0.1, 0.15) is 153 Å². The summed E-state index contributed by atoms with van der Waals surface area (Å²) in [5, 5.41) is 18.7. The van der Waals surface area contributed by atoms with E-state index in [9.17, 15) is 5.26 Å². The fourth-order valence-electron chi connectivity index (χ4n) is 9.16. The van der Waals surface area contributed by atoms with Gasteiger partial charge in [-0.15, -0.1) is 0 Å². The molecule has 0 bridgehead atoms. The standard InChI is InChI=1S/C52H72ClN8O9P/c1-5-6-7-8-9-10-11-12-13-14-15-16-17-18-19-22-29-63-33-41(64-32-39-25-26-40(31-54)45(30-39)60-38-56-36-58-60)34-65-71(62,70-46-24-21-20-23-42(46)53)66-35-52(4)49-48(67-51(2,3)69-49)47(68-52)43-27-28-44-50(55)57-37-59-61(43)44/h20-21,23-28,30,36-38,41,47-49H,5-19,22,29,32-35H2,1-4H3,(H2,55,57,59)/t41-,47+,48+,49+,52-,71?/m1/s1. The zero-order valence-electron chi connectivity index (χ0n) is 41.8. The summed E-state index contributed by atoms with van der Waals surface area (Å²) in [6.07, 6.45) is 22.1. The van der Waals surface area contributed by atoms with Crippen molar-refractivity contribution in [3.05, 3.63) is 95.4 Å². The Morgan fingerprint density at radius 1 is 0.845 bits per heavy atom. The summed E-state index contributed by atoms with van der Waals surface area (Å²) in [5.74, 6) is -0.568. The number of nitrogens with two attached hydrogens (primary N) is 1. The molecule has 17 nitrogen and oxygen atoms in total. The number of phosphoric acid groups is 1. The second kappa shape index (κ2) is 26.5. The first-order valence-electron chi connectivity index (χ1n) is 25.4. The van der Waals surface area contributed by atoms with Gasteiger partial charge in [-0.1, -0.05) is 133 Å². The first-order valence-corrected chi connectivity index (χ1v) is 27.3. The highest BCUT2D eigenvalue weighted by atomic mass is 35.5. The van der Waals surface area contributed by atoms with Crippen molar-refractivity contribution in [1.82, 2.24) is 29.4 Å². The third kappa shape index (κ3) is 15.3. The number of nitriles is 1.